The summed E-state index contributed by atoms with van der Waals surface area (Å²) in [7, 11) is 0. The van der Waals surface area contributed by atoms with Gasteiger partial charge in [0, 0.05) is 16.3 Å². The van der Waals surface area contributed by atoms with Gasteiger partial charge >= 0.3 is 0 Å². The fraction of sp³-hybridized carbons (Fsp3) is 0.733. The molecule has 0 spiro atoms. The molecule has 0 amide bonds. The molecule has 1 aromatic heterocycles. The Morgan fingerprint density at radius 2 is 2.06 bits per heavy atom. The third kappa shape index (κ3) is 5.51. The number of thiophene rings is 1. The molecule has 3 heteroatoms. The summed E-state index contributed by atoms with van der Waals surface area (Å²) >= 11 is 1.90. The molecule has 18 heavy (non-hydrogen) atoms. The monoisotopic (exact) mass is 268 g/mol. The van der Waals surface area contributed by atoms with Gasteiger partial charge in [-0.2, -0.15) is 0 Å². The minimum Gasteiger partial charge on any atom is -0.330 e. The lowest BCUT2D eigenvalue weighted by Gasteiger charge is -2.16. The summed E-state index contributed by atoms with van der Waals surface area (Å²) in [4.78, 5) is 2.88. The molecule has 0 aliphatic carbocycles. The second-order valence-corrected chi connectivity index (χ2v) is 6.99. The lowest BCUT2D eigenvalue weighted by molar-refractivity contribution is 0.386. The molecule has 0 fully saturated rings. The van der Waals surface area contributed by atoms with E-state index in [4.69, 9.17) is 5.73 Å². The Kier molecular flexibility index (Phi) is 6.90. The molecule has 1 aromatic rings. The van der Waals surface area contributed by atoms with Gasteiger partial charge < -0.3 is 11.1 Å². The highest BCUT2D eigenvalue weighted by Crippen LogP contribution is 2.20. The minimum absolute atomic E-state index is 0.671. The van der Waals surface area contributed by atoms with Gasteiger partial charge in [0.05, 0.1) is 0 Å². The van der Waals surface area contributed by atoms with Crippen LogP contribution in [0.2, 0.25) is 0 Å². The molecule has 0 radical (unpaired) electrons. The molecule has 0 aromatic carbocycles. The van der Waals surface area contributed by atoms with Gasteiger partial charge in [0.15, 0.2) is 0 Å². The molecular weight excluding hydrogens is 240 g/mol. The second-order valence-electron chi connectivity index (χ2n) is 5.65. The van der Waals surface area contributed by atoms with E-state index in [0.29, 0.717) is 5.92 Å². The first-order chi connectivity index (χ1) is 8.52. The van der Waals surface area contributed by atoms with E-state index in [1.807, 2.05) is 11.3 Å². The van der Waals surface area contributed by atoms with Crippen LogP contribution in [0.4, 0.5) is 0 Å². The van der Waals surface area contributed by atoms with Crippen LogP contribution in [-0.4, -0.2) is 13.1 Å². The molecule has 1 rings (SSSR count). The zero-order chi connectivity index (χ0) is 13.5. The molecule has 0 aliphatic heterocycles. The summed E-state index contributed by atoms with van der Waals surface area (Å²) in [5.41, 5.74) is 7.23. The van der Waals surface area contributed by atoms with Gasteiger partial charge in [-0.3, -0.25) is 0 Å². The topological polar surface area (TPSA) is 38.0 Å². The van der Waals surface area contributed by atoms with Crippen molar-refractivity contribution in [1.29, 1.82) is 0 Å². The van der Waals surface area contributed by atoms with E-state index >= 15 is 0 Å². The van der Waals surface area contributed by atoms with Gasteiger partial charge in [-0.1, -0.05) is 13.8 Å². The largest absolute Gasteiger partial charge is 0.330 e. The Labute approximate surface area is 116 Å². The standard InChI is InChI=1S/C15H28N2S/c1-11(2)7-14(9-16)5-6-17-10-15-8-12(3)13(4)18-15/h8,11,14,17H,5-7,9-10,16H2,1-4H3. The maximum absolute atomic E-state index is 5.81. The van der Waals surface area contributed by atoms with E-state index in [-0.39, 0.29) is 0 Å². The van der Waals surface area contributed by atoms with Crippen molar-refractivity contribution in [1.82, 2.24) is 5.32 Å². The Bertz CT molecular complexity index is 325. The van der Waals surface area contributed by atoms with Gasteiger partial charge in [0.1, 0.15) is 0 Å². The van der Waals surface area contributed by atoms with Crippen LogP contribution in [-0.2, 0) is 6.54 Å². The number of nitrogens with two attached hydrogens (primary N) is 1. The van der Waals surface area contributed by atoms with Gasteiger partial charge in [-0.15, -0.1) is 11.3 Å². The fourth-order valence-corrected chi connectivity index (χ4v) is 3.28. The molecule has 2 nitrogen and oxygen atoms in total. The van der Waals surface area contributed by atoms with E-state index in [1.165, 1.54) is 28.2 Å². The average molecular weight is 268 g/mol. The van der Waals surface area contributed by atoms with Crippen molar-refractivity contribution >= 4 is 11.3 Å². The van der Waals surface area contributed by atoms with E-state index in [1.54, 1.807) is 0 Å². The minimum atomic E-state index is 0.671. The molecule has 3 N–H and O–H groups in total. The van der Waals surface area contributed by atoms with Crippen molar-refractivity contribution in [2.45, 2.75) is 47.1 Å². The highest BCUT2D eigenvalue weighted by molar-refractivity contribution is 7.12. The molecule has 104 valence electrons. The van der Waals surface area contributed by atoms with Crippen molar-refractivity contribution in [2.24, 2.45) is 17.6 Å². The first-order valence-corrected chi connectivity index (χ1v) is 7.81. The summed E-state index contributed by atoms with van der Waals surface area (Å²) in [6.45, 7) is 11.8. The number of hydrogen-bond donors (Lipinski definition) is 2. The SMILES string of the molecule is Cc1cc(CNCCC(CN)CC(C)C)sc1C. The second kappa shape index (κ2) is 7.93. The maximum atomic E-state index is 5.81. The van der Waals surface area contributed by atoms with Crippen LogP contribution in [0, 0.1) is 25.7 Å². The predicted octanol–water partition coefficient (Wildman–Crippen LogP) is 3.47. The van der Waals surface area contributed by atoms with Crippen molar-refractivity contribution in [3.05, 3.63) is 21.4 Å². The zero-order valence-electron chi connectivity index (χ0n) is 12.3. The van der Waals surface area contributed by atoms with Crippen molar-refractivity contribution in [2.75, 3.05) is 13.1 Å². The molecule has 1 atom stereocenters. The average Bonchev–Trinajstić information content (AvgIpc) is 2.62. The fourth-order valence-electron chi connectivity index (χ4n) is 2.25. The third-order valence-corrected chi connectivity index (χ3v) is 4.54. The smallest absolute Gasteiger partial charge is 0.0299 e. The maximum Gasteiger partial charge on any atom is 0.0299 e. The Morgan fingerprint density at radius 3 is 2.56 bits per heavy atom. The van der Waals surface area contributed by atoms with Crippen LogP contribution in [0.5, 0.6) is 0 Å². The van der Waals surface area contributed by atoms with Gasteiger partial charge in [0.25, 0.3) is 0 Å². The van der Waals surface area contributed by atoms with E-state index in [9.17, 15) is 0 Å². The summed E-state index contributed by atoms with van der Waals surface area (Å²) in [5, 5.41) is 3.54. The molecular formula is C15H28N2S. The molecule has 0 saturated carbocycles. The summed E-state index contributed by atoms with van der Waals surface area (Å²) in [5.74, 6) is 1.42. The van der Waals surface area contributed by atoms with Crippen molar-refractivity contribution in [3.63, 3.8) is 0 Å². The first-order valence-electron chi connectivity index (χ1n) is 6.99. The van der Waals surface area contributed by atoms with Gasteiger partial charge in [-0.05, 0) is 63.2 Å². The molecule has 0 saturated heterocycles. The molecule has 0 bridgehead atoms. The third-order valence-electron chi connectivity index (χ3n) is 3.38. The summed E-state index contributed by atoms with van der Waals surface area (Å²) in [6.07, 6.45) is 2.44. The Morgan fingerprint density at radius 1 is 1.33 bits per heavy atom. The van der Waals surface area contributed by atoms with Gasteiger partial charge in [0.2, 0.25) is 0 Å². The van der Waals surface area contributed by atoms with Crippen LogP contribution in [0.25, 0.3) is 0 Å². The zero-order valence-corrected chi connectivity index (χ0v) is 13.1. The van der Waals surface area contributed by atoms with Gasteiger partial charge in [-0.25, -0.2) is 0 Å². The molecule has 1 unspecified atom stereocenters. The lowest BCUT2D eigenvalue weighted by atomic mass is 9.94. The lowest BCUT2D eigenvalue weighted by Crippen LogP contribution is -2.23. The quantitative estimate of drug-likeness (QED) is 0.709. The van der Waals surface area contributed by atoms with Crippen LogP contribution in [0.3, 0.4) is 0 Å². The number of hydrogen-bond acceptors (Lipinski definition) is 3. The van der Waals surface area contributed by atoms with E-state index in [0.717, 1.165) is 25.6 Å². The number of nitrogens with one attached hydrogen (secondary N) is 1. The van der Waals surface area contributed by atoms with Crippen LogP contribution in [0.1, 0.15) is 42.0 Å². The normalized spacial score (nSPS) is 13.2. The van der Waals surface area contributed by atoms with Crippen LogP contribution < -0.4 is 11.1 Å². The predicted molar refractivity (Wildman–Crippen MR) is 82.1 cm³/mol. The van der Waals surface area contributed by atoms with Crippen molar-refractivity contribution in [3.8, 4) is 0 Å². The Balaban J connectivity index is 2.21. The highest BCUT2D eigenvalue weighted by atomic mass is 32.1. The Hall–Kier alpha value is -0.380. The summed E-state index contributed by atoms with van der Waals surface area (Å²) in [6, 6.07) is 2.29. The highest BCUT2D eigenvalue weighted by Gasteiger charge is 2.08. The molecule has 0 aliphatic rings. The molecule has 1 heterocycles. The number of rotatable bonds is 8. The van der Waals surface area contributed by atoms with Crippen LogP contribution in [0.15, 0.2) is 6.07 Å². The first kappa shape index (κ1) is 15.7. The van der Waals surface area contributed by atoms with E-state index in [2.05, 4.69) is 39.1 Å². The van der Waals surface area contributed by atoms with E-state index < -0.39 is 0 Å². The van der Waals surface area contributed by atoms with Crippen LogP contribution >= 0.6 is 11.3 Å². The summed E-state index contributed by atoms with van der Waals surface area (Å²) < 4.78 is 0. The number of aryl methyl sites for hydroxylation is 2. The van der Waals surface area contributed by atoms with Crippen molar-refractivity contribution < 1.29 is 0 Å².